The lowest BCUT2D eigenvalue weighted by Crippen LogP contribution is -2.19. The van der Waals surface area contributed by atoms with E-state index in [9.17, 15) is 14.4 Å². The van der Waals surface area contributed by atoms with Crippen molar-refractivity contribution in [1.29, 1.82) is 0 Å². The molecule has 0 atom stereocenters. The maximum absolute atomic E-state index is 12.1. The second-order valence-corrected chi connectivity index (χ2v) is 5.36. The zero-order chi connectivity index (χ0) is 17.0. The minimum atomic E-state index is -1.37. The fourth-order valence-corrected chi connectivity index (χ4v) is 2.45. The highest BCUT2D eigenvalue weighted by atomic mass is 32.1. The van der Waals surface area contributed by atoms with Gasteiger partial charge in [-0.1, -0.05) is 0 Å². The molecule has 0 radical (unpaired) electrons. The van der Waals surface area contributed by atoms with Crippen LogP contribution in [0.2, 0.25) is 0 Å². The number of aromatic nitrogens is 3. The lowest BCUT2D eigenvalue weighted by atomic mass is 10.3. The molecule has 9 nitrogen and oxygen atoms in total. The van der Waals surface area contributed by atoms with Crippen LogP contribution in [-0.4, -0.2) is 44.5 Å². The third-order valence-electron chi connectivity index (χ3n) is 2.60. The molecular weight excluding hydrogens is 324 g/mol. The van der Waals surface area contributed by atoms with Gasteiger partial charge in [0.15, 0.2) is 22.2 Å². The molecule has 2 N–H and O–H groups in total. The summed E-state index contributed by atoms with van der Waals surface area (Å²) in [5.41, 5.74) is -0.709. The lowest BCUT2D eigenvalue weighted by Gasteiger charge is -2.03. The van der Waals surface area contributed by atoms with Gasteiger partial charge in [-0.25, -0.2) is 24.5 Å². The monoisotopic (exact) mass is 336 g/mol. The van der Waals surface area contributed by atoms with Crippen molar-refractivity contribution in [1.82, 2.24) is 15.0 Å². The van der Waals surface area contributed by atoms with Crippen LogP contribution in [0.25, 0.3) is 0 Å². The van der Waals surface area contributed by atoms with E-state index in [2.05, 4.69) is 20.3 Å². The van der Waals surface area contributed by atoms with Crippen molar-refractivity contribution < 1.29 is 24.2 Å². The molecule has 0 bridgehead atoms. The van der Waals surface area contributed by atoms with Crippen molar-refractivity contribution in [3.05, 3.63) is 34.4 Å². The van der Waals surface area contributed by atoms with Crippen molar-refractivity contribution in [2.45, 2.75) is 13.8 Å². The number of nitrogens with zero attached hydrogens (tertiary/aromatic N) is 3. The first-order valence-electron chi connectivity index (χ1n) is 6.44. The molecule has 0 saturated carbocycles. The molecule has 0 unspecified atom stereocenters. The predicted molar refractivity (Wildman–Crippen MR) is 79.8 cm³/mol. The third kappa shape index (κ3) is 3.66. The molecule has 0 spiro atoms. The average Bonchev–Trinajstić information content (AvgIpc) is 2.88. The van der Waals surface area contributed by atoms with Gasteiger partial charge < -0.3 is 9.84 Å². The molecule has 2 heterocycles. The third-order valence-corrected chi connectivity index (χ3v) is 3.49. The van der Waals surface area contributed by atoms with Gasteiger partial charge in [-0.05, 0) is 13.8 Å². The van der Waals surface area contributed by atoms with Crippen LogP contribution in [-0.2, 0) is 4.74 Å². The van der Waals surface area contributed by atoms with Crippen LogP contribution >= 0.6 is 11.3 Å². The van der Waals surface area contributed by atoms with Crippen LogP contribution < -0.4 is 5.32 Å². The second kappa shape index (κ2) is 6.92. The van der Waals surface area contributed by atoms with Gasteiger partial charge in [0.2, 0.25) is 0 Å². The molecule has 2 aromatic heterocycles. The van der Waals surface area contributed by atoms with Gasteiger partial charge in [-0.3, -0.25) is 10.1 Å². The highest BCUT2D eigenvalue weighted by molar-refractivity contribution is 7.16. The van der Waals surface area contributed by atoms with Crippen LogP contribution in [0.5, 0.6) is 0 Å². The number of ether oxygens (including phenoxy) is 1. The van der Waals surface area contributed by atoms with Crippen LogP contribution in [0.4, 0.5) is 5.13 Å². The molecule has 10 heteroatoms. The summed E-state index contributed by atoms with van der Waals surface area (Å²) < 4.78 is 4.85. The van der Waals surface area contributed by atoms with Gasteiger partial charge in [-0.15, -0.1) is 11.3 Å². The molecule has 0 aromatic carbocycles. The van der Waals surface area contributed by atoms with E-state index in [4.69, 9.17) is 9.84 Å². The molecule has 2 aromatic rings. The van der Waals surface area contributed by atoms with Gasteiger partial charge in [0.05, 0.1) is 6.61 Å². The molecule has 0 aliphatic heterocycles. The summed E-state index contributed by atoms with van der Waals surface area (Å²) in [6, 6.07) is 0. The first-order chi connectivity index (χ1) is 10.9. The largest absolute Gasteiger partial charge is 0.476 e. The number of hydrogen-bond donors (Lipinski definition) is 2. The molecule has 23 heavy (non-hydrogen) atoms. The standard InChI is InChI=1S/C13H12N4O5S/c1-3-22-12(21)7-6(2)23-13(16-7)17-10(18)8-9(11(19)20)15-5-4-14-8/h4-5H,3H2,1-2H3,(H,19,20)(H,16,17,18). The summed E-state index contributed by atoms with van der Waals surface area (Å²) in [5.74, 6) is -2.74. The SMILES string of the molecule is CCOC(=O)c1nc(NC(=O)c2nccnc2C(=O)O)sc1C. The molecule has 1 amide bonds. The number of aromatic carboxylic acids is 1. The number of carboxylic acids is 1. The summed E-state index contributed by atoms with van der Waals surface area (Å²) in [6.45, 7) is 3.54. The first kappa shape index (κ1) is 16.5. The molecule has 0 aliphatic rings. The Kier molecular flexibility index (Phi) is 4.96. The van der Waals surface area contributed by atoms with E-state index in [1.807, 2.05) is 0 Å². The highest BCUT2D eigenvalue weighted by Gasteiger charge is 2.22. The second-order valence-electron chi connectivity index (χ2n) is 4.16. The smallest absolute Gasteiger partial charge is 0.358 e. The van der Waals surface area contributed by atoms with E-state index in [0.29, 0.717) is 4.88 Å². The Morgan fingerprint density at radius 1 is 1.22 bits per heavy atom. The van der Waals surface area contributed by atoms with Gasteiger partial charge in [-0.2, -0.15) is 0 Å². The molecule has 0 aliphatic carbocycles. The average molecular weight is 336 g/mol. The number of carbonyl (C=O) groups excluding carboxylic acids is 2. The number of esters is 1. The van der Waals surface area contributed by atoms with Crippen LogP contribution in [0.3, 0.4) is 0 Å². The van der Waals surface area contributed by atoms with Crippen molar-refractivity contribution >= 4 is 34.3 Å². The number of aryl methyl sites for hydroxylation is 1. The Morgan fingerprint density at radius 3 is 2.48 bits per heavy atom. The molecule has 0 fully saturated rings. The minimum absolute atomic E-state index is 0.102. The summed E-state index contributed by atoms with van der Waals surface area (Å²) in [5, 5.41) is 11.5. The van der Waals surface area contributed by atoms with Crippen LogP contribution in [0.1, 0.15) is 43.3 Å². The minimum Gasteiger partial charge on any atom is -0.476 e. The fourth-order valence-electron chi connectivity index (χ4n) is 1.66. The van der Waals surface area contributed by atoms with Crippen molar-refractivity contribution in [2.24, 2.45) is 0 Å². The van der Waals surface area contributed by atoms with Gasteiger partial charge in [0.25, 0.3) is 5.91 Å². The molecule has 2 rings (SSSR count). The normalized spacial score (nSPS) is 10.2. The Bertz CT molecular complexity index is 773. The highest BCUT2D eigenvalue weighted by Crippen LogP contribution is 2.23. The van der Waals surface area contributed by atoms with E-state index in [0.717, 1.165) is 11.3 Å². The van der Waals surface area contributed by atoms with Crippen molar-refractivity contribution in [2.75, 3.05) is 11.9 Å². The summed E-state index contributed by atoms with van der Waals surface area (Å²) in [4.78, 5) is 46.7. The van der Waals surface area contributed by atoms with E-state index >= 15 is 0 Å². The first-order valence-corrected chi connectivity index (χ1v) is 7.25. The van der Waals surface area contributed by atoms with Gasteiger partial charge in [0, 0.05) is 17.3 Å². The number of hydrogen-bond acceptors (Lipinski definition) is 8. The number of amides is 1. The quantitative estimate of drug-likeness (QED) is 0.783. The number of carbonyl (C=O) groups is 3. The lowest BCUT2D eigenvalue weighted by molar-refractivity contribution is 0.0519. The Morgan fingerprint density at radius 2 is 1.87 bits per heavy atom. The van der Waals surface area contributed by atoms with Crippen molar-refractivity contribution in [3.8, 4) is 0 Å². The number of carboxylic acid groups (broad SMARTS) is 1. The number of thiazole rings is 1. The van der Waals surface area contributed by atoms with Gasteiger partial charge >= 0.3 is 11.9 Å². The summed E-state index contributed by atoms with van der Waals surface area (Å²) >= 11 is 1.07. The number of anilines is 1. The zero-order valence-electron chi connectivity index (χ0n) is 12.2. The number of rotatable bonds is 5. The van der Waals surface area contributed by atoms with E-state index < -0.39 is 23.5 Å². The Hall–Kier alpha value is -2.88. The maximum atomic E-state index is 12.1. The maximum Gasteiger partial charge on any atom is 0.358 e. The number of nitrogens with one attached hydrogen (secondary N) is 1. The predicted octanol–water partition coefficient (Wildman–Crippen LogP) is 1.37. The fraction of sp³-hybridized carbons (Fsp3) is 0.231. The van der Waals surface area contributed by atoms with Gasteiger partial charge in [0.1, 0.15) is 0 Å². The van der Waals surface area contributed by atoms with Crippen LogP contribution in [0.15, 0.2) is 12.4 Å². The molecule has 120 valence electrons. The van der Waals surface area contributed by atoms with Crippen molar-refractivity contribution in [3.63, 3.8) is 0 Å². The zero-order valence-corrected chi connectivity index (χ0v) is 13.0. The topological polar surface area (TPSA) is 131 Å². The van der Waals surface area contributed by atoms with E-state index in [-0.39, 0.29) is 23.1 Å². The summed E-state index contributed by atoms with van der Waals surface area (Å²) in [7, 11) is 0. The molecular formula is C13H12N4O5S. The van der Waals surface area contributed by atoms with E-state index in [1.54, 1.807) is 13.8 Å². The van der Waals surface area contributed by atoms with Crippen LogP contribution in [0, 0.1) is 6.92 Å². The Labute approximate surface area is 134 Å². The Balaban J connectivity index is 2.23. The summed E-state index contributed by atoms with van der Waals surface area (Å²) in [6.07, 6.45) is 2.38. The molecule has 0 saturated heterocycles. The van der Waals surface area contributed by atoms with E-state index in [1.165, 1.54) is 12.4 Å².